The van der Waals surface area contributed by atoms with E-state index < -0.39 is 37.9 Å². The van der Waals surface area contributed by atoms with Gasteiger partial charge in [0.2, 0.25) is 11.0 Å². The third-order valence-electron chi connectivity index (χ3n) is 6.03. The van der Waals surface area contributed by atoms with Crippen LogP contribution in [0.15, 0.2) is 42.5 Å². The zero-order valence-electron chi connectivity index (χ0n) is 23.2. The van der Waals surface area contributed by atoms with E-state index in [1.807, 2.05) is 28.2 Å². The molecule has 42 heavy (non-hydrogen) atoms. The highest BCUT2D eigenvalue weighted by molar-refractivity contribution is 7.87. The van der Waals surface area contributed by atoms with E-state index in [0.717, 1.165) is 52.6 Å². The average Bonchev–Trinajstić information content (AvgIpc) is 2.85. The van der Waals surface area contributed by atoms with Crippen LogP contribution >= 0.6 is 0 Å². The number of pyridine rings is 1. The number of anilines is 2. The van der Waals surface area contributed by atoms with Gasteiger partial charge in [0.15, 0.2) is 10.1 Å². The molecule has 0 fully saturated rings. The lowest BCUT2D eigenvalue weighted by Crippen LogP contribution is -2.36. The van der Waals surface area contributed by atoms with E-state index in [1.54, 1.807) is 0 Å². The predicted octanol–water partition coefficient (Wildman–Crippen LogP) is 4.89. The molecule has 0 aliphatic heterocycles. The van der Waals surface area contributed by atoms with Gasteiger partial charge < -0.3 is 14.4 Å². The van der Waals surface area contributed by atoms with Crippen LogP contribution in [0.2, 0.25) is 0 Å². The van der Waals surface area contributed by atoms with Gasteiger partial charge in [0.1, 0.15) is 6.54 Å². The summed E-state index contributed by atoms with van der Waals surface area (Å²) in [7, 11) is -3.62. The van der Waals surface area contributed by atoms with Gasteiger partial charge in [0.25, 0.3) is 0 Å². The van der Waals surface area contributed by atoms with Gasteiger partial charge in [-0.1, -0.05) is 6.42 Å². The molecule has 0 aliphatic rings. The first-order valence-electron chi connectivity index (χ1n) is 12.4. The molecule has 0 bridgehead atoms. The van der Waals surface area contributed by atoms with Crippen LogP contribution in [-0.4, -0.2) is 67.2 Å². The van der Waals surface area contributed by atoms with Crippen LogP contribution in [0.25, 0.3) is 21.8 Å². The highest BCUT2D eigenvalue weighted by Gasteiger charge is 2.47. The molecule has 2 aromatic carbocycles. The number of nitrogens with zero attached hydrogens (tertiary/aromatic N) is 3. The summed E-state index contributed by atoms with van der Waals surface area (Å²) in [4.78, 5) is 4.11. The molecule has 1 heterocycles. The first-order valence-corrected chi connectivity index (χ1v) is 15.2. The van der Waals surface area contributed by atoms with Crippen molar-refractivity contribution in [2.75, 3.05) is 44.6 Å². The number of rotatable bonds is 10. The fourth-order valence-electron chi connectivity index (χ4n) is 3.83. The smallest absolute Gasteiger partial charge is 0.523 e. The topological polar surface area (TPSA) is 111 Å². The van der Waals surface area contributed by atoms with E-state index in [0.29, 0.717) is 6.42 Å². The summed E-state index contributed by atoms with van der Waals surface area (Å²) < 4.78 is 124. The van der Waals surface area contributed by atoms with Crippen molar-refractivity contribution in [3.05, 3.63) is 42.5 Å². The van der Waals surface area contributed by atoms with Gasteiger partial charge >= 0.3 is 21.1 Å². The van der Waals surface area contributed by atoms with E-state index >= 15 is 0 Å². The fraction of sp³-hybridized carbons (Fsp3) is 0.480. The highest BCUT2D eigenvalue weighted by Crippen LogP contribution is 2.27. The lowest BCUT2D eigenvalue weighted by Gasteiger charge is -2.15. The third kappa shape index (κ3) is 9.31. The second kappa shape index (κ2) is 13.6. The zero-order chi connectivity index (χ0) is 32.1. The minimum atomic E-state index is -6.09. The van der Waals surface area contributed by atoms with Crippen LogP contribution in [0, 0.1) is 0 Å². The van der Waals surface area contributed by atoms with E-state index in [1.165, 1.54) is 0 Å². The summed E-state index contributed by atoms with van der Waals surface area (Å²) in [6.07, 6.45) is 2.35. The Balaban J connectivity index is 0.000000675. The van der Waals surface area contributed by atoms with Crippen LogP contribution in [0.4, 0.5) is 37.7 Å². The maximum atomic E-state index is 12.3. The molecule has 0 saturated carbocycles. The normalized spacial score (nSPS) is 12.7. The summed E-state index contributed by atoms with van der Waals surface area (Å²) in [6.45, 7) is 0.258. The molecule has 3 aromatic rings. The number of unbranched alkanes of at least 4 members (excludes halogenated alkanes) is 3. The number of hydrogen-bond donors (Lipinski definition) is 0. The summed E-state index contributed by atoms with van der Waals surface area (Å²) in [5.41, 5.74) is -6.63. The van der Waals surface area contributed by atoms with Gasteiger partial charge in [-0.3, -0.25) is 4.18 Å². The Labute approximate surface area is 240 Å². The van der Waals surface area contributed by atoms with Gasteiger partial charge in [-0.2, -0.15) is 39.3 Å². The monoisotopic (exact) mass is 647 g/mol. The van der Waals surface area contributed by atoms with Gasteiger partial charge in [0, 0.05) is 68.9 Å². The van der Waals surface area contributed by atoms with Crippen LogP contribution in [0.5, 0.6) is 0 Å². The molecule has 0 radical (unpaired) electrons. The van der Waals surface area contributed by atoms with Crippen molar-refractivity contribution in [2.24, 2.45) is 0 Å². The number of fused-ring (bicyclic) bond motifs is 2. The number of aryl methyl sites for hydroxylation is 1. The Morgan fingerprint density at radius 2 is 1.14 bits per heavy atom. The molecule has 1 aromatic heterocycles. The van der Waals surface area contributed by atoms with E-state index in [2.05, 4.69) is 61.0 Å². The fourth-order valence-corrected chi connectivity index (χ4v) is 4.30. The summed E-state index contributed by atoms with van der Waals surface area (Å²) >= 11 is 0. The number of benzene rings is 2. The van der Waals surface area contributed by atoms with E-state index in [9.17, 15) is 34.8 Å². The number of halogens is 6. The lowest BCUT2D eigenvalue weighted by molar-refractivity contribution is -0.645. The summed E-state index contributed by atoms with van der Waals surface area (Å²) in [5.74, 6) is 0. The van der Waals surface area contributed by atoms with Crippen molar-refractivity contribution in [2.45, 2.75) is 43.2 Å². The number of aromatic nitrogens is 1. The molecule has 0 aliphatic carbocycles. The van der Waals surface area contributed by atoms with E-state index in [-0.39, 0.29) is 6.42 Å². The van der Waals surface area contributed by atoms with Crippen LogP contribution in [0.1, 0.15) is 25.7 Å². The maximum Gasteiger partial charge on any atom is 0.523 e. The van der Waals surface area contributed by atoms with Crippen molar-refractivity contribution < 1.29 is 56.5 Å². The van der Waals surface area contributed by atoms with Gasteiger partial charge in [0.05, 0.1) is 6.61 Å². The highest BCUT2D eigenvalue weighted by atomic mass is 32.2. The lowest BCUT2D eigenvalue weighted by atomic mass is 10.1. The summed E-state index contributed by atoms with van der Waals surface area (Å²) in [5, 5.41) is 2.25. The quantitative estimate of drug-likeness (QED) is 0.0582. The standard InChI is InChI=1S/C24H31F3N3O3S.CHF3O3S/c1-28(2)20-11-9-18-15-19-10-12-21(29(3)4)17-23(19)30(22(18)16-20)13-7-5-6-8-14-33-34(31,32)24(25,26)27;2-1(3,4)8(5,6)7/h9-12,15-17H,5-8,13-14H2,1-4H3;(H,5,6,7)/q+1;/p-1. The van der Waals surface area contributed by atoms with Crippen LogP contribution < -0.4 is 14.4 Å². The van der Waals surface area contributed by atoms with Crippen molar-refractivity contribution >= 4 is 53.4 Å². The van der Waals surface area contributed by atoms with Gasteiger partial charge in [-0.25, -0.2) is 8.42 Å². The van der Waals surface area contributed by atoms with Crippen molar-refractivity contribution in [1.29, 1.82) is 0 Å². The molecule has 0 N–H and O–H groups in total. The molecule has 0 saturated heterocycles. The Hall–Kier alpha value is -2.89. The minimum absolute atomic E-state index is 0.242. The Kier molecular flexibility index (Phi) is 11.4. The maximum absolute atomic E-state index is 12.3. The van der Waals surface area contributed by atoms with Gasteiger partial charge in [-0.15, -0.1) is 0 Å². The van der Waals surface area contributed by atoms with Crippen molar-refractivity contribution in [3.63, 3.8) is 0 Å². The van der Waals surface area contributed by atoms with Crippen LogP contribution in [-0.2, 0) is 31.0 Å². The second-order valence-electron chi connectivity index (χ2n) is 9.61. The second-order valence-corrected chi connectivity index (χ2v) is 12.6. The van der Waals surface area contributed by atoms with E-state index in [4.69, 9.17) is 13.0 Å². The molecule has 0 atom stereocenters. The largest absolute Gasteiger partial charge is 0.741 e. The minimum Gasteiger partial charge on any atom is -0.741 e. The molecule has 9 nitrogen and oxygen atoms in total. The molecular weight excluding hydrogens is 616 g/mol. The predicted molar refractivity (Wildman–Crippen MR) is 145 cm³/mol. The zero-order valence-corrected chi connectivity index (χ0v) is 24.8. The molecule has 236 valence electrons. The Morgan fingerprint density at radius 1 is 0.714 bits per heavy atom. The summed E-state index contributed by atoms with van der Waals surface area (Å²) in [6, 6.07) is 14.9. The first-order chi connectivity index (χ1) is 19.2. The Morgan fingerprint density at radius 3 is 1.52 bits per heavy atom. The molecule has 0 unspecified atom stereocenters. The number of alkyl halides is 6. The molecular formula is C25H31F6N3O6S2. The molecule has 0 spiro atoms. The first kappa shape index (κ1) is 35.3. The van der Waals surface area contributed by atoms with Crippen LogP contribution in [0.3, 0.4) is 0 Å². The molecule has 17 heteroatoms. The van der Waals surface area contributed by atoms with Crippen molar-refractivity contribution in [3.8, 4) is 0 Å². The van der Waals surface area contributed by atoms with Gasteiger partial charge in [-0.05, 0) is 43.2 Å². The average molecular weight is 648 g/mol. The van der Waals surface area contributed by atoms with Crippen molar-refractivity contribution in [1.82, 2.24) is 0 Å². The molecule has 0 amide bonds. The Bertz CT molecular complexity index is 1530. The number of hydrogen-bond acceptors (Lipinski definition) is 8. The third-order valence-corrected chi connectivity index (χ3v) is 7.65. The molecule has 3 rings (SSSR count). The SMILES string of the molecule is CN(C)c1ccc2cc3ccc(N(C)C)cc3[n+](CCCCCCOS(=O)(=O)C(F)(F)F)c2c1.O=S(=O)([O-])C(F)(F)F.